The maximum atomic E-state index is 12.4. The van der Waals surface area contributed by atoms with Crippen molar-refractivity contribution in [1.82, 2.24) is 5.32 Å². The Bertz CT molecular complexity index is 785. The quantitative estimate of drug-likeness (QED) is 0.672. The maximum Gasteiger partial charge on any atom is 0.387 e. The number of ketones is 1. The monoisotopic (exact) mass is 404 g/mol. The molecule has 1 saturated carbocycles. The molecule has 1 aromatic rings. The number of alkyl halides is 2. The predicted octanol–water partition coefficient (Wildman–Crippen LogP) is 1.16. The van der Waals surface area contributed by atoms with Gasteiger partial charge in [0, 0.05) is 12.0 Å². The number of carbonyl (C=O) groups excluding carboxylic acids is 2. The van der Waals surface area contributed by atoms with Gasteiger partial charge in [0.1, 0.15) is 5.75 Å². The Morgan fingerprint density at radius 1 is 1.30 bits per heavy atom. The van der Waals surface area contributed by atoms with Crippen molar-refractivity contribution in [2.24, 2.45) is 5.73 Å². The summed E-state index contributed by atoms with van der Waals surface area (Å²) in [4.78, 5) is 23.9. The molecule has 150 valence electrons. The third-order valence-corrected chi connectivity index (χ3v) is 5.82. The number of Topliss-reactive ketones (excluding diaryl/α,β-unsaturated/α-hetero) is 1. The number of para-hydroxylation sites is 1. The first-order chi connectivity index (χ1) is 12.7. The zero-order valence-electron chi connectivity index (χ0n) is 14.6. The van der Waals surface area contributed by atoms with Gasteiger partial charge in [0.25, 0.3) is 0 Å². The molecule has 1 amide bonds. The molecule has 0 aromatic heterocycles. The van der Waals surface area contributed by atoms with Crippen LogP contribution in [0.25, 0.3) is 0 Å². The Hall–Kier alpha value is -2.07. The lowest BCUT2D eigenvalue weighted by Gasteiger charge is -2.23. The molecule has 0 saturated heterocycles. The highest BCUT2D eigenvalue weighted by atomic mass is 32.2. The lowest BCUT2D eigenvalue weighted by atomic mass is 9.94. The van der Waals surface area contributed by atoms with Crippen LogP contribution >= 0.6 is 0 Å². The van der Waals surface area contributed by atoms with Crippen LogP contribution in [0.2, 0.25) is 0 Å². The number of rotatable bonds is 8. The van der Waals surface area contributed by atoms with Gasteiger partial charge in [-0.15, -0.1) is 0 Å². The molecular formula is C17H22F2N2O5S. The molecule has 1 aliphatic rings. The van der Waals surface area contributed by atoms with Crippen molar-refractivity contribution in [2.45, 2.75) is 50.1 Å². The average molecular weight is 404 g/mol. The zero-order chi connectivity index (χ0) is 20.0. The van der Waals surface area contributed by atoms with Crippen LogP contribution in [0.1, 0.15) is 31.2 Å². The zero-order valence-corrected chi connectivity index (χ0v) is 15.4. The summed E-state index contributed by atoms with van der Waals surface area (Å²) >= 11 is 0. The molecule has 1 aliphatic carbocycles. The molecule has 27 heavy (non-hydrogen) atoms. The first kappa shape index (κ1) is 21.2. The largest absolute Gasteiger partial charge is 0.435 e. The van der Waals surface area contributed by atoms with E-state index in [-0.39, 0.29) is 17.1 Å². The van der Waals surface area contributed by atoms with Crippen molar-refractivity contribution in [3.05, 3.63) is 29.8 Å². The molecule has 7 nitrogen and oxygen atoms in total. The molecule has 10 heteroatoms. The van der Waals surface area contributed by atoms with E-state index in [1.165, 1.54) is 24.3 Å². The lowest BCUT2D eigenvalue weighted by molar-refractivity contribution is -0.129. The van der Waals surface area contributed by atoms with Crippen molar-refractivity contribution in [3.8, 4) is 5.75 Å². The molecule has 0 radical (unpaired) electrons. The average Bonchev–Trinajstić information content (AvgIpc) is 2.57. The van der Waals surface area contributed by atoms with E-state index in [0.29, 0.717) is 12.8 Å². The van der Waals surface area contributed by atoms with Crippen molar-refractivity contribution < 1.29 is 31.5 Å². The van der Waals surface area contributed by atoms with E-state index >= 15 is 0 Å². The van der Waals surface area contributed by atoms with Gasteiger partial charge in [0.15, 0.2) is 15.6 Å². The van der Waals surface area contributed by atoms with Gasteiger partial charge in [-0.25, -0.2) is 8.42 Å². The van der Waals surface area contributed by atoms with Crippen LogP contribution in [-0.4, -0.2) is 44.6 Å². The standard InChI is InChI=1S/C17H22F2N2O5S/c18-17(19)26-15-8-4-1-5-11(15)9-27(24,25)10-12(20)16(23)21-13-6-2-3-7-14(13)22/h1,4-5,8,12-13,17H,2-3,6-7,9-10,20H2,(H,21,23). The molecule has 0 aliphatic heterocycles. The second-order valence-corrected chi connectivity index (χ2v) is 8.53. The second-order valence-electron chi connectivity index (χ2n) is 6.42. The van der Waals surface area contributed by atoms with Crippen molar-refractivity contribution in [3.63, 3.8) is 0 Å². The van der Waals surface area contributed by atoms with Crippen LogP contribution in [0.3, 0.4) is 0 Å². The smallest absolute Gasteiger partial charge is 0.387 e. The number of nitrogens with two attached hydrogens (primary N) is 1. The minimum Gasteiger partial charge on any atom is -0.435 e. The van der Waals surface area contributed by atoms with Gasteiger partial charge in [0.05, 0.1) is 23.6 Å². The highest BCUT2D eigenvalue weighted by Gasteiger charge is 2.28. The van der Waals surface area contributed by atoms with E-state index < -0.39 is 45.9 Å². The minimum atomic E-state index is -3.89. The topological polar surface area (TPSA) is 116 Å². The highest BCUT2D eigenvalue weighted by molar-refractivity contribution is 7.90. The second kappa shape index (κ2) is 9.23. The summed E-state index contributed by atoms with van der Waals surface area (Å²) in [6.45, 7) is -3.09. The lowest BCUT2D eigenvalue weighted by Crippen LogP contribution is -2.51. The molecular weight excluding hydrogens is 382 g/mol. The third kappa shape index (κ3) is 6.55. The fraction of sp³-hybridized carbons (Fsp3) is 0.529. The first-order valence-electron chi connectivity index (χ1n) is 8.50. The van der Waals surface area contributed by atoms with Crippen molar-refractivity contribution in [1.29, 1.82) is 0 Å². The van der Waals surface area contributed by atoms with Gasteiger partial charge in [0.2, 0.25) is 5.91 Å². The number of sulfone groups is 1. The van der Waals surface area contributed by atoms with E-state index in [1.807, 2.05) is 0 Å². The molecule has 1 fully saturated rings. The summed E-state index contributed by atoms with van der Waals surface area (Å²) in [6.07, 6.45) is 2.44. The number of hydrogen-bond acceptors (Lipinski definition) is 6. The van der Waals surface area contributed by atoms with Crippen LogP contribution in [0.4, 0.5) is 8.78 Å². The van der Waals surface area contributed by atoms with E-state index in [4.69, 9.17) is 5.73 Å². The van der Waals surface area contributed by atoms with Crippen LogP contribution < -0.4 is 15.8 Å². The Morgan fingerprint density at radius 2 is 2.00 bits per heavy atom. The van der Waals surface area contributed by atoms with Crippen molar-refractivity contribution in [2.75, 3.05) is 5.75 Å². The molecule has 3 N–H and O–H groups in total. The molecule has 0 spiro atoms. The van der Waals surface area contributed by atoms with E-state index in [0.717, 1.165) is 12.8 Å². The van der Waals surface area contributed by atoms with Crippen LogP contribution in [-0.2, 0) is 25.2 Å². The fourth-order valence-electron chi connectivity index (χ4n) is 2.89. The van der Waals surface area contributed by atoms with E-state index in [2.05, 4.69) is 10.1 Å². The summed E-state index contributed by atoms with van der Waals surface area (Å²) in [5.41, 5.74) is 5.73. The number of amides is 1. The SMILES string of the molecule is NC(CS(=O)(=O)Cc1ccccc1OC(F)F)C(=O)NC1CCCCC1=O. The summed E-state index contributed by atoms with van der Waals surface area (Å²) < 4.78 is 53.9. The van der Waals surface area contributed by atoms with E-state index in [1.54, 1.807) is 0 Å². The predicted molar refractivity (Wildman–Crippen MR) is 93.9 cm³/mol. The summed E-state index contributed by atoms with van der Waals surface area (Å²) in [7, 11) is -3.89. The van der Waals surface area contributed by atoms with Gasteiger partial charge in [-0.1, -0.05) is 24.6 Å². The van der Waals surface area contributed by atoms with Crippen molar-refractivity contribution >= 4 is 21.5 Å². The molecule has 0 bridgehead atoms. The van der Waals surface area contributed by atoms with Gasteiger partial charge >= 0.3 is 6.61 Å². The highest BCUT2D eigenvalue weighted by Crippen LogP contribution is 2.23. The van der Waals surface area contributed by atoms with Crippen LogP contribution in [0, 0.1) is 0 Å². The number of halogens is 2. The summed E-state index contributed by atoms with van der Waals surface area (Å²) in [6, 6.07) is 3.51. The number of nitrogens with one attached hydrogen (secondary N) is 1. The maximum absolute atomic E-state index is 12.4. The van der Waals surface area contributed by atoms with Gasteiger partial charge < -0.3 is 15.8 Å². The van der Waals surface area contributed by atoms with E-state index in [9.17, 15) is 26.8 Å². The number of carbonyl (C=O) groups is 2. The van der Waals surface area contributed by atoms with Gasteiger partial charge in [-0.2, -0.15) is 8.78 Å². The third-order valence-electron chi connectivity index (χ3n) is 4.21. The van der Waals surface area contributed by atoms with Crippen LogP contribution in [0.15, 0.2) is 24.3 Å². The minimum absolute atomic E-state index is 0.0490. The van der Waals surface area contributed by atoms with Crippen LogP contribution in [0.5, 0.6) is 5.75 Å². The molecule has 2 rings (SSSR count). The van der Waals surface area contributed by atoms with Gasteiger partial charge in [-0.05, 0) is 18.9 Å². The summed E-state index contributed by atoms with van der Waals surface area (Å²) in [5.74, 6) is -2.34. The Morgan fingerprint density at radius 3 is 2.67 bits per heavy atom. The Labute approximate surface area is 156 Å². The normalized spacial score (nSPS) is 19.0. The number of hydrogen-bond donors (Lipinski definition) is 2. The molecule has 1 aromatic carbocycles. The molecule has 2 atom stereocenters. The summed E-state index contributed by atoms with van der Waals surface area (Å²) in [5, 5.41) is 2.49. The Kier molecular flexibility index (Phi) is 7.25. The number of ether oxygens (including phenoxy) is 1. The van der Waals surface area contributed by atoms with Gasteiger partial charge in [-0.3, -0.25) is 9.59 Å². The Balaban J connectivity index is 1.99. The fourth-order valence-corrected chi connectivity index (χ4v) is 4.42. The first-order valence-corrected chi connectivity index (χ1v) is 10.3. The molecule has 2 unspecified atom stereocenters. The number of benzene rings is 1. The molecule has 0 heterocycles.